The topological polar surface area (TPSA) is 58.5 Å². The molecule has 0 aromatic carbocycles. The molecule has 0 amide bonds. The van der Waals surface area contributed by atoms with E-state index in [1.807, 2.05) is 7.05 Å². The van der Waals surface area contributed by atoms with Crippen LogP contribution < -0.4 is 10.6 Å². The number of ether oxygens (including phenoxy) is 1. The number of halogens is 1. The zero-order valence-electron chi connectivity index (χ0n) is 17.2. The number of rotatable bonds is 9. The van der Waals surface area contributed by atoms with Gasteiger partial charge in [-0.15, -0.1) is 35.3 Å². The molecule has 1 saturated carbocycles. The summed E-state index contributed by atoms with van der Waals surface area (Å²) >= 11 is 1.79. The highest BCUT2D eigenvalue weighted by Gasteiger charge is 2.11. The number of nitrogens with one attached hydrogen (secondary N) is 2. The minimum Gasteiger partial charge on any atom is -0.378 e. The number of guanidine groups is 1. The summed E-state index contributed by atoms with van der Waals surface area (Å²) in [5.74, 6) is 0.875. The molecule has 0 saturated heterocycles. The van der Waals surface area contributed by atoms with Crippen LogP contribution in [0.15, 0.2) is 4.99 Å². The van der Waals surface area contributed by atoms with E-state index in [2.05, 4.69) is 34.5 Å². The predicted octanol–water partition coefficient (Wildman–Crippen LogP) is 4.61. The first-order valence-corrected chi connectivity index (χ1v) is 11.0. The van der Waals surface area contributed by atoms with Crippen molar-refractivity contribution in [2.45, 2.75) is 77.7 Å². The Kier molecular flexibility index (Phi) is 13.3. The van der Waals surface area contributed by atoms with Gasteiger partial charge in [0.2, 0.25) is 0 Å². The lowest BCUT2D eigenvalue weighted by Gasteiger charge is -2.15. The molecule has 0 bridgehead atoms. The minimum atomic E-state index is 0. The Morgan fingerprint density at radius 2 is 1.81 bits per heavy atom. The summed E-state index contributed by atoms with van der Waals surface area (Å²) in [6.07, 6.45) is 11.6. The second-order valence-electron chi connectivity index (χ2n) is 7.12. The van der Waals surface area contributed by atoms with Crippen LogP contribution in [0, 0.1) is 13.8 Å². The van der Waals surface area contributed by atoms with Gasteiger partial charge in [-0.3, -0.25) is 4.99 Å². The predicted molar refractivity (Wildman–Crippen MR) is 127 cm³/mol. The third-order valence-electron chi connectivity index (χ3n) is 4.95. The van der Waals surface area contributed by atoms with E-state index in [-0.39, 0.29) is 24.0 Å². The van der Waals surface area contributed by atoms with E-state index in [0.717, 1.165) is 50.6 Å². The molecule has 1 aliphatic carbocycles. The Labute approximate surface area is 186 Å². The summed E-state index contributed by atoms with van der Waals surface area (Å²) in [7, 11) is 1.82. The molecule has 5 nitrogen and oxygen atoms in total. The number of hydrogen-bond acceptors (Lipinski definition) is 4. The molecule has 0 spiro atoms. The molecular weight excluding hydrogens is 471 g/mol. The maximum Gasteiger partial charge on any atom is 0.190 e. The van der Waals surface area contributed by atoms with Crippen LogP contribution in [0.1, 0.15) is 66.9 Å². The smallest absolute Gasteiger partial charge is 0.190 e. The van der Waals surface area contributed by atoms with Gasteiger partial charge in [-0.1, -0.05) is 25.7 Å². The summed E-state index contributed by atoms with van der Waals surface area (Å²) in [4.78, 5) is 10.2. The number of aryl methyl sites for hydroxylation is 2. The quantitative estimate of drug-likeness (QED) is 0.168. The van der Waals surface area contributed by atoms with E-state index in [4.69, 9.17) is 4.74 Å². The minimum absolute atomic E-state index is 0. The molecule has 0 atom stereocenters. The van der Waals surface area contributed by atoms with Gasteiger partial charge in [0.05, 0.1) is 16.8 Å². The lowest BCUT2D eigenvalue weighted by atomic mass is 10.1. The highest BCUT2D eigenvalue weighted by Crippen LogP contribution is 2.20. The van der Waals surface area contributed by atoms with Crippen LogP contribution >= 0.6 is 35.3 Å². The lowest BCUT2D eigenvalue weighted by molar-refractivity contribution is 0.0411. The van der Waals surface area contributed by atoms with Crippen molar-refractivity contribution in [1.82, 2.24) is 15.6 Å². The van der Waals surface area contributed by atoms with Crippen molar-refractivity contribution in [2.75, 3.05) is 26.7 Å². The van der Waals surface area contributed by atoms with E-state index in [1.165, 1.54) is 48.4 Å². The van der Waals surface area contributed by atoms with Crippen molar-refractivity contribution in [3.63, 3.8) is 0 Å². The average Bonchev–Trinajstić information content (AvgIpc) is 2.82. The van der Waals surface area contributed by atoms with Gasteiger partial charge >= 0.3 is 0 Å². The second-order valence-corrected chi connectivity index (χ2v) is 8.40. The Balaban J connectivity index is 0.00000364. The van der Waals surface area contributed by atoms with Crippen LogP contribution in [0.25, 0.3) is 0 Å². The van der Waals surface area contributed by atoms with Crippen molar-refractivity contribution >= 4 is 41.3 Å². The SMILES string of the molecule is CN=C(NCCCCOC1CCCCCC1)NCCc1nc(C)c(C)s1.I. The molecule has 0 aliphatic heterocycles. The fourth-order valence-corrected chi connectivity index (χ4v) is 4.18. The molecule has 1 aromatic heterocycles. The van der Waals surface area contributed by atoms with E-state index in [9.17, 15) is 0 Å². The summed E-state index contributed by atoms with van der Waals surface area (Å²) in [5, 5.41) is 7.95. The van der Waals surface area contributed by atoms with Gasteiger partial charge in [-0.2, -0.15) is 0 Å². The first-order chi connectivity index (χ1) is 12.7. The molecule has 156 valence electrons. The number of unbranched alkanes of at least 4 members (excludes halogenated alkanes) is 1. The molecule has 0 unspecified atom stereocenters. The standard InChI is InChI=1S/C20H36N4OS.HI/c1-16-17(2)26-19(24-16)12-14-23-20(21-3)22-13-8-9-15-25-18-10-6-4-5-7-11-18;/h18H,4-15H2,1-3H3,(H2,21,22,23);1H. The highest BCUT2D eigenvalue weighted by atomic mass is 127. The fraction of sp³-hybridized carbons (Fsp3) is 0.800. The molecule has 1 fully saturated rings. The van der Waals surface area contributed by atoms with E-state index in [1.54, 1.807) is 11.3 Å². The number of nitrogens with zero attached hydrogens (tertiary/aromatic N) is 2. The zero-order chi connectivity index (χ0) is 18.6. The van der Waals surface area contributed by atoms with Gasteiger partial charge < -0.3 is 15.4 Å². The van der Waals surface area contributed by atoms with Crippen molar-refractivity contribution in [3.05, 3.63) is 15.6 Å². The monoisotopic (exact) mass is 508 g/mol. The number of hydrogen-bond donors (Lipinski definition) is 2. The molecule has 2 N–H and O–H groups in total. The van der Waals surface area contributed by atoms with Gasteiger partial charge in [0.1, 0.15) is 0 Å². The van der Waals surface area contributed by atoms with Crippen LogP contribution in [0.2, 0.25) is 0 Å². The Hall–Kier alpha value is -0.410. The summed E-state index contributed by atoms with van der Waals surface area (Å²) in [5.41, 5.74) is 1.15. The Bertz CT molecular complexity index is 523. The number of thiazole rings is 1. The first-order valence-electron chi connectivity index (χ1n) is 10.2. The van der Waals surface area contributed by atoms with Crippen LogP contribution in [-0.2, 0) is 11.2 Å². The normalized spacial score (nSPS) is 15.9. The van der Waals surface area contributed by atoms with Crippen LogP contribution in [-0.4, -0.2) is 43.8 Å². The summed E-state index contributed by atoms with van der Waals surface area (Å²) < 4.78 is 6.04. The van der Waals surface area contributed by atoms with Gasteiger partial charge in [-0.05, 0) is 39.5 Å². The summed E-state index contributed by atoms with van der Waals surface area (Å²) in [6, 6.07) is 0. The van der Waals surface area contributed by atoms with Gasteiger partial charge in [0.25, 0.3) is 0 Å². The zero-order valence-corrected chi connectivity index (χ0v) is 20.3. The largest absolute Gasteiger partial charge is 0.378 e. The van der Waals surface area contributed by atoms with Gasteiger partial charge in [-0.25, -0.2) is 4.98 Å². The van der Waals surface area contributed by atoms with E-state index in [0.29, 0.717) is 6.10 Å². The summed E-state index contributed by atoms with van der Waals surface area (Å²) in [6.45, 7) is 6.88. The molecule has 7 heteroatoms. The maximum absolute atomic E-state index is 6.04. The van der Waals surface area contributed by atoms with Crippen LogP contribution in [0.4, 0.5) is 0 Å². The number of aliphatic imine (C=N–C) groups is 1. The second kappa shape index (κ2) is 14.6. The number of aromatic nitrogens is 1. The molecule has 2 rings (SSSR count). The molecule has 0 radical (unpaired) electrons. The van der Waals surface area contributed by atoms with E-state index >= 15 is 0 Å². The van der Waals surface area contributed by atoms with Crippen LogP contribution in [0.3, 0.4) is 0 Å². The molecule has 1 aromatic rings. The van der Waals surface area contributed by atoms with Crippen molar-refractivity contribution < 1.29 is 4.74 Å². The van der Waals surface area contributed by atoms with Gasteiger partial charge in [0, 0.05) is 38.0 Å². The third-order valence-corrected chi connectivity index (χ3v) is 6.08. The first kappa shape index (κ1) is 24.6. The molecule has 27 heavy (non-hydrogen) atoms. The van der Waals surface area contributed by atoms with Crippen molar-refractivity contribution in [2.24, 2.45) is 4.99 Å². The van der Waals surface area contributed by atoms with Gasteiger partial charge in [0.15, 0.2) is 5.96 Å². The third kappa shape index (κ3) is 10.1. The molecule has 1 aliphatic rings. The molecule has 1 heterocycles. The highest BCUT2D eigenvalue weighted by molar-refractivity contribution is 14.0. The molecular formula is C20H37IN4OS. The van der Waals surface area contributed by atoms with Crippen molar-refractivity contribution in [1.29, 1.82) is 0 Å². The maximum atomic E-state index is 6.04. The van der Waals surface area contributed by atoms with Crippen molar-refractivity contribution in [3.8, 4) is 0 Å². The van der Waals surface area contributed by atoms with E-state index < -0.39 is 0 Å². The van der Waals surface area contributed by atoms with Crippen LogP contribution in [0.5, 0.6) is 0 Å². The Morgan fingerprint density at radius 3 is 2.44 bits per heavy atom. The average molecular weight is 509 g/mol. The fourth-order valence-electron chi connectivity index (χ4n) is 3.25. The Morgan fingerprint density at radius 1 is 1.11 bits per heavy atom. The lowest BCUT2D eigenvalue weighted by Crippen LogP contribution is -2.38.